The van der Waals surface area contributed by atoms with Gasteiger partial charge in [0, 0.05) is 26.2 Å². The molecular weight excluding hydrogens is 200 g/mol. The molecule has 1 rings (SSSR count). The van der Waals surface area contributed by atoms with Gasteiger partial charge in [0.1, 0.15) is 11.5 Å². The molecule has 0 aliphatic carbocycles. The van der Waals surface area contributed by atoms with Crippen molar-refractivity contribution in [2.45, 2.75) is 18.8 Å². The molecule has 0 aromatic rings. The van der Waals surface area contributed by atoms with Gasteiger partial charge in [-0.1, -0.05) is 0 Å². The van der Waals surface area contributed by atoms with Crippen LogP contribution in [-0.4, -0.2) is 48.5 Å². The van der Waals surface area contributed by atoms with Crippen LogP contribution in [0.25, 0.3) is 0 Å². The van der Waals surface area contributed by atoms with Gasteiger partial charge in [-0.3, -0.25) is 4.79 Å². The lowest BCUT2D eigenvalue weighted by Crippen LogP contribution is -2.48. The molecule has 1 heterocycles. The van der Waals surface area contributed by atoms with E-state index in [9.17, 15) is 4.79 Å². The standard InChI is InChI=1S/C9H18N2O2S/c1-9(2,14)13-7-8(12)11-5-3-10-4-6-11/h10,14H,3-7H2,1-2H3. The van der Waals surface area contributed by atoms with E-state index in [1.165, 1.54) is 0 Å². The lowest BCUT2D eigenvalue weighted by Gasteiger charge is -2.28. The number of amides is 1. The fourth-order valence-corrected chi connectivity index (χ4v) is 1.31. The van der Waals surface area contributed by atoms with Crippen molar-refractivity contribution in [2.75, 3.05) is 32.8 Å². The molecular formula is C9H18N2O2S. The summed E-state index contributed by atoms with van der Waals surface area (Å²) in [5, 5.41) is 3.19. The fourth-order valence-electron chi connectivity index (χ4n) is 1.24. The number of rotatable bonds is 3. The molecule has 5 heteroatoms. The van der Waals surface area contributed by atoms with E-state index in [0.29, 0.717) is 0 Å². The first-order chi connectivity index (χ1) is 6.49. The van der Waals surface area contributed by atoms with Crippen molar-refractivity contribution in [1.82, 2.24) is 10.2 Å². The van der Waals surface area contributed by atoms with Gasteiger partial charge in [-0.05, 0) is 13.8 Å². The van der Waals surface area contributed by atoms with Gasteiger partial charge in [0.25, 0.3) is 0 Å². The highest BCUT2D eigenvalue weighted by Gasteiger charge is 2.19. The van der Waals surface area contributed by atoms with Crippen LogP contribution in [0.4, 0.5) is 0 Å². The van der Waals surface area contributed by atoms with Gasteiger partial charge in [-0.2, -0.15) is 0 Å². The predicted molar refractivity (Wildman–Crippen MR) is 58.5 cm³/mol. The minimum atomic E-state index is -0.538. The Hall–Kier alpha value is -0.260. The van der Waals surface area contributed by atoms with E-state index in [1.807, 2.05) is 18.7 Å². The van der Waals surface area contributed by atoms with Crippen molar-refractivity contribution < 1.29 is 9.53 Å². The molecule has 0 radical (unpaired) electrons. The molecule has 14 heavy (non-hydrogen) atoms. The lowest BCUT2D eigenvalue weighted by atomic mass is 10.3. The van der Waals surface area contributed by atoms with Crippen molar-refractivity contribution in [1.29, 1.82) is 0 Å². The Morgan fingerprint density at radius 3 is 2.57 bits per heavy atom. The molecule has 4 nitrogen and oxygen atoms in total. The molecule has 1 amide bonds. The van der Waals surface area contributed by atoms with Crippen LogP contribution in [0.15, 0.2) is 0 Å². The molecule has 0 spiro atoms. The summed E-state index contributed by atoms with van der Waals surface area (Å²) >= 11 is 4.19. The highest BCUT2D eigenvalue weighted by Crippen LogP contribution is 2.13. The first-order valence-electron chi connectivity index (χ1n) is 4.84. The minimum Gasteiger partial charge on any atom is -0.355 e. The third kappa shape index (κ3) is 4.30. The third-order valence-electron chi connectivity index (χ3n) is 2.02. The second-order valence-electron chi connectivity index (χ2n) is 3.87. The number of hydrogen-bond donors (Lipinski definition) is 2. The molecule has 0 aromatic carbocycles. The molecule has 0 unspecified atom stereocenters. The molecule has 1 N–H and O–H groups in total. The molecule has 0 atom stereocenters. The van der Waals surface area contributed by atoms with Gasteiger partial charge in [0.15, 0.2) is 0 Å². The Balaban J connectivity index is 2.27. The van der Waals surface area contributed by atoms with E-state index in [2.05, 4.69) is 17.9 Å². The normalized spacial score (nSPS) is 18.4. The molecule has 0 aromatic heterocycles. The molecule has 0 bridgehead atoms. The van der Waals surface area contributed by atoms with Crippen LogP contribution in [0.1, 0.15) is 13.8 Å². The molecule has 82 valence electrons. The number of ether oxygens (including phenoxy) is 1. The van der Waals surface area contributed by atoms with Crippen LogP contribution in [-0.2, 0) is 9.53 Å². The monoisotopic (exact) mass is 218 g/mol. The Morgan fingerprint density at radius 1 is 1.50 bits per heavy atom. The molecule has 1 aliphatic rings. The number of thiol groups is 1. The van der Waals surface area contributed by atoms with E-state index in [1.54, 1.807) is 0 Å². The van der Waals surface area contributed by atoms with Crippen molar-refractivity contribution >= 4 is 18.5 Å². The first-order valence-corrected chi connectivity index (χ1v) is 5.28. The number of carbonyl (C=O) groups excluding carboxylic acids is 1. The zero-order valence-electron chi connectivity index (χ0n) is 8.75. The molecule has 0 saturated carbocycles. The average Bonchev–Trinajstić information content (AvgIpc) is 2.14. The van der Waals surface area contributed by atoms with Gasteiger partial charge in [-0.25, -0.2) is 0 Å². The summed E-state index contributed by atoms with van der Waals surface area (Å²) in [6, 6.07) is 0. The quantitative estimate of drug-likeness (QED) is 0.521. The predicted octanol–water partition coefficient (Wildman–Crippen LogP) is 0.101. The number of carbonyl (C=O) groups is 1. The highest BCUT2D eigenvalue weighted by atomic mass is 32.1. The number of piperazine rings is 1. The smallest absolute Gasteiger partial charge is 0.248 e. The summed E-state index contributed by atoms with van der Waals surface area (Å²) in [6.45, 7) is 7.05. The van der Waals surface area contributed by atoms with Crippen LogP contribution in [0.3, 0.4) is 0 Å². The maximum absolute atomic E-state index is 11.6. The number of nitrogens with zero attached hydrogens (tertiary/aromatic N) is 1. The first kappa shape index (κ1) is 11.8. The van der Waals surface area contributed by atoms with E-state index in [4.69, 9.17) is 4.74 Å². The molecule has 1 aliphatic heterocycles. The Bertz CT molecular complexity index is 197. The van der Waals surface area contributed by atoms with Crippen LogP contribution in [0, 0.1) is 0 Å². The van der Waals surface area contributed by atoms with Gasteiger partial charge < -0.3 is 15.0 Å². The summed E-state index contributed by atoms with van der Waals surface area (Å²) in [4.78, 5) is 12.9. The summed E-state index contributed by atoms with van der Waals surface area (Å²) in [6.07, 6.45) is 0. The van der Waals surface area contributed by atoms with Crippen molar-refractivity contribution in [3.05, 3.63) is 0 Å². The molecule has 1 fully saturated rings. The van der Waals surface area contributed by atoms with Crippen LogP contribution >= 0.6 is 12.6 Å². The highest BCUT2D eigenvalue weighted by molar-refractivity contribution is 7.81. The summed E-state index contributed by atoms with van der Waals surface area (Å²) in [5.74, 6) is 0.0497. The number of nitrogens with one attached hydrogen (secondary N) is 1. The fraction of sp³-hybridized carbons (Fsp3) is 0.889. The summed E-state index contributed by atoms with van der Waals surface area (Å²) in [5.41, 5.74) is 0. The van der Waals surface area contributed by atoms with E-state index >= 15 is 0 Å². The van der Waals surface area contributed by atoms with Crippen molar-refractivity contribution in [3.63, 3.8) is 0 Å². The van der Waals surface area contributed by atoms with Crippen LogP contribution in [0.5, 0.6) is 0 Å². The van der Waals surface area contributed by atoms with Crippen LogP contribution in [0.2, 0.25) is 0 Å². The molecule has 1 saturated heterocycles. The Labute approximate surface area is 90.4 Å². The van der Waals surface area contributed by atoms with Gasteiger partial charge in [0.05, 0.1) is 0 Å². The maximum Gasteiger partial charge on any atom is 0.248 e. The SMILES string of the molecule is CC(C)(S)OCC(=O)N1CCNCC1. The second kappa shape index (κ2) is 5.00. The third-order valence-corrected chi connectivity index (χ3v) is 2.15. The Morgan fingerprint density at radius 2 is 2.07 bits per heavy atom. The average molecular weight is 218 g/mol. The topological polar surface area (TPSA) is 41.6 Å². The number of hydrogen-bond acceptors (Lipinski definition) is 4. The van der Waals surface area contributed by atoms with E-state index in [0.717, 1.165) is 26.2 Å². The zero-order chi connectivity index (χ0) is 10.6. The van der Waals surface area contributed by atoms with Crippen LogP contribution < -0.4 is 5.32 Å². The van der Waals surface area contributed by atoms with Crippen molar-refractivity contribution in [3.8, 4) is 0 Å². The summed E-state index contributed by atoms with van der Waals surface area (Å²) < 4.78 is 5.30. The minimum absolute atomic E-state index is 0.0497. The second-order valence-corrected chi connectivity index (χ2v) is 4.94. The van der Waals surface area contributed by atoms with Gasteiger partial charge in [0.2, 0.25) is 5.91 Å². The van der Waals surface area contributed by atoms with Gasteiger partial charge >= 0.3 is 0 Å². The largest absolute Gasteiger partial charge is 0.355 e. The van der Waals surface area contributed by atoms with Gasteiger partial charge in [-0.15, -0.1) is 12.6 Å². The zero-order valence-corrected chi connectivity index (χ0v) is 9.64. The lowest BCUT2D eigenvalue weighted by molar-refractivity contribution is -0.138. The van der Waals surface area contributed by atoms with Crippen molar-refractivity contribution in [2.24, 2.45) is 0 Å². The van der Waals surface area contributed by atoms with E-state index < -0.39 is 4.93 Å². The summed E-state index contributed by atoms with van der Waals surface area (Å²) in [7, 11) is 0. The maximum atomic E-state index is 11.6. The Kier molecular flexibility index (Phi) is 4.22. The van der Waals surface area contributed by atoms with E-state index in [-0.39, 0.29) is 12.5 Å².